The molecule has 1 aromatic carbocycles. The maximum absolute atomic E-state index is 9.38. The monoisotopic (exact) mass is 265 g/mol. The van der Waals surface area contributed by atoms with E-state index >= 15 is 0 Å². The van der Waals surface area contributed by atoms with Crippen LogP contribution in [0.1, 0.15) is 17.2 Å². The summed E-state index contributed by atoms with van der Waals surface area (Å²) in [5.74, 6) is 0.287. The minimum Gasteiger partial charge on any atom is -0.397 e. The summed E-state index contributed by atoms with van der Waals surface area (Å²) in [5, 5.41) is 18.5. The van der Waals surface area contributed by atoms with Gasteiger partial charge in [-0.3, -0.25) is 0 Å². The molecule has 1 aliphatic heterocycles. The van der Waals surface area contributed by atoms with Gasteiger partial charge in [-0.15, -0.1) is 0 Å². The maximum Gasteiger partial charge on any atom is 0.120 e. The summed E-state index contributed by atoms with van der Waals surface area (Å²) in [4.78, 5) is 1.71. The summed E-state index contributed by atoms with van der Waals surface area (Å²) < 4.78 is 0. The molecule has 20 heavy (non-hydrogen) atoms. The Morgan fingerprint density at radius 3 is 2.20 bits per heavy atom. The van der Waals surface area contributed by atoms with Crippen LogP contribution in [0.25, 0.3) is 0 Å². The molecule has 0 spiro atoms. The van der Waals surface area contributed by atoms with Gasteiger partial charge in [0, 0.05) is 7.05 Å². The van der Waals surface area contributed by atoms with Crippen LogP contribution in [-0.4, -0.2) is 11.9 Å². The highest BCUT2D eigenvalue weighted by Gasteiger charge is 2.32. The first kappa shape index (κ1) is 13.5. The molecule has 0 bridgehead atoms. The van der Waals surface area contributed by atoms with Gasteiger partial charge in [0.1, 0.15) is 17.5 Å². The van der Waals surface area contributed by atoms with Crippen molar-refractivity contribution in [1.29, 1.82) is 10.5 Å². The molecule has 0 aromatic heterocycles. The Hall–Kier alpha value is -2.92. The van der Waals surface area contributed by atoms with Crippen LogP contribution in [0.5, 0.6) is 0 Å². The molecular weight excluding hydrogens is 250 g/mol. The molecule has 1 unspecified atom stereocenters. The number of allylic oxidation sites excluding steroid dienone is 1. The fourth-order valence-electron chi connectivity index (χ4n) is 2.31. The van der Waals surface area contributed by atoms with Crippen molar-refractivity contribution in [3.8, 4) is 12.1 Å². The minimum atomic E-state index is -0.363. The van der Waals surface area contributed by atoms with Crippen molar-refractivity contribution >= 4 is 0 Å². The zero-order chi connectivity index (χ0) is 14.9. The first-order valence-corrected chi connectivity index (χ1v) is 6.10. The molecule has 5 nitrogen and oxygen atoms in total. The number of hydrogen-bond donors (Lipinski definition) is 2. The van der Waals surface area contributed by atoms with Crippen molar-refractivity contribution < 1.29 is 0 Å². The van der Waals surface area contributed by atoms with Crippen LogP contribution in [0.2, 0.25) is 0 Å². The van der Waals surface area contributed by atoms with Gasteiger partial charge in [0.25, 0.3) is 0 Å². The smallest absolute Gasteiger partial charge is 0.120 e. The second-order valence-electron chi connectivity index (χ2n) is 4.74. The third kappa shape index (κ3) is 1.96. The summed E-state index contributed by atoms with van der Waals surface area (Å²) in [6.45, 7) is 1.99. The van der Waals surface area contributed by atoms with Gasteiger partial charge in [-0.1, -0.05) is 29.8 Å². The third-order valence-corrected chi connectivity index (χ3v) is 3.48. The van der Waals surface area contributed by atoms with Crippen LogP contribution in [0.4, 0.5) is 0 Å². The lowest BCUT2D eigenvalue weighted by Gasteiger charge is -2.34. The molecular formula is C15H15N5. The first-order chi connectivity index (χ1) is 9.51. The molecule has 0 amide bonds. The standard InChI is InChI=1S/C15H15N5/c1-9-3-5-10(6-4-9)14-11(7-16)13(18)12(8-17)15(19)20(14)2/h3-6,14H,18-19H2,1-2H3. The summed E-state index contributed by atoms with van der Waals surface area (Å²) >= 11 is 0. The van der Waals surface area contributed by atoms with E-state index in [2.05, 4.69) is 6.07 Å². The lowest BCUT2D eigenvalue weighted by atomic mass is 9.91. The molecule has 2 rings (SSSR count). The molecule has 4 N–H and O–H groups in total. The highest BCUT2D eigenvalue weighted by molar-refractivity contribution is 5.55. The van der Waals surface area contributed by atoms with E-state index in [0.29, 0.717) is 5.57 Å². The summed E-state index contributed by atoms with van der Waals surface area (Å²) in [6, 6.07) is 11.5. The lowest BCUT2D eigenvalue weighted by molar-refractivity contribution is 0.336. The van der Waals surface area contributed by atoms with Gasteiger partial charge in [-0.2, -0.15) is 10.5 Å². The number of nitriles is 2. The topological polar surface area (TPSA) is 103 Å². The van der Waals surface area contributed by atoms with Gasteiger partial charge in [0.15, 0.2) is 0 Å². The fraction of sp³-hybridized carbons (Fsp3) is 0.200. The minimum absolute atomic E-state index is 0.160. The molecule has 1 aromatic rings. The molecule has 100 valence electrons. The average Bonchev–Trinajstić information content (AvgIpc) is 2.44. The van der Waals surface area contributed by atoms with E-state index in [1.165, 1.54) is 0 Å². The van der Waals surface area contributed by atoms with E-state index in [4.69, 9.17) is 16.7 Å². The van der Waals surface area contributed by atoms with Gasteiger partial charge in [0.05, 0.1) is 23.4 Å². The van der Waals surface area contributed by atoms with Crippen LogP contribution in [0.15, 0.2) is 46.9 Å². The summed E-state index contributed by atoms with van der Waals surface area (Å²) in [5.41, 5.74) is 14.6. The van der Waals surface area contributed by atoms with E-state index in [0.717, 1.165) is 11.1 Å². The molecule has 0 aliphatic carbocycles. The molecule has 1 aliphatic rings. The molecule has 1 heterocycles. The predicted octanol–water partition coefficient (Wildman–Crippen LogP) is 1.41. The van der Waals surface area contributed by atoms with Crippen molar-refractivity contribution in [2.24, 2.45) is 11.5 Å². The van der Waals surface area contributed by atoms with Gasteiger partial charge >= 0.3 is 0 Å². The zero-order valence-electron chi connectivity index (χ0n) is 11.4. The highest BCUT2D eigenvalue weighted by atomic mass is 15.2. The Morgan fingerprint density at radius 1 is 1.10 bits per heavy atom. The Bertz CT molecular complexity index is 682. The van der Waals surface area contributed by atoms with Crippen molar-refractivity contribution in [2.45, 2.75) is 13.0 Å². The molecule has 0 saturated carbocycles. The van der Waals surface area contributed by atoms with Crippen LogP contribution < -0.4 is 11.5 Å². The fourth-order valence-corrected chi connectivity index (χ4v) is 2.31. The molecule has 5 heteroatoms. The number of hydrogen-bond acceptors (Lipinski definition) is 5. The number of nitrogens with zero attached hydrogens (tertiary/aromatic N) is 3. The summed E-state index contributed by atoms with van der Waals surface area (Å²) in [7, 11) is 1.75. The Kier molecular flexibility index (Phi) is 3.37. The van der Waals surface area contributed by atoms with Crippen molar-refractivity contribution in [2.75, 3.05) is 7.05 Å². The number of likely N-dealkylation sites (N-methyl/N-ethyl adjacent to an activating group) is 1. The Balaban J connectivity index is 2.61. The number of rotatable bonds is 1. The van der Waals surface area contributed by atoms with Gasteiger partial charge in [-0.05, 0) is 12.5 Å². The van der Waals surface area contributed by atoms with E-state index in [9.17, 15) is 5.26 Å². The lowest BCUT2D eigenvalue weighted by Crippen LogP contribution is -2.36. The molecule has 0 radical (unpaired) electrons. The van der Waals surface area contributed by atoms with Crippen molar-refractivity contribution in [3.63, 3.8) is 0 Å². The van der Waals surface area contributed by atoms with Crippen LogP contribution in [0, 0.1) is 29.6 Å². The Morgan fingerprint density at radius 2 is 1.70 bits per heavy atom. The van der Waals surface area contributed by atoms with Crippen LogP contribution >= 0.6 is 0 Å². The van der Waals surface area contributed by atoms with Crippen LogP contribution in [-0.2, 0) is 0 Å². The second-order valence-corrected chi connectivity index (χ2v) is 4.74. The average molecular weight is 265 g/mol. The van der Waals surface area contributed by atoms with Gasteiger partial charge < -0.3 is 16.4 Å². The third-order valence-electron chi connectivity index (χ3n) is 3.48. The van der Waals surface area contributed by atoms with E-state index in [-0.39, 0.29) is 23.1 Å². The van der Waals surface area contributed by atoms with E-state index < -0.39 is 0 Å². The summed E-state index contributed by atoms with van der Waals surface area (Å²) in [6.07, 6.45) is 0. The SMILES string of the molecule is Cc1ccc(C2C(C#N)=C(N)C(C#N)=C(N)N2C)cc1. The molecule has 0 fully saturated rings. The van der Waals surface area contributed by atoms with Crippen LogP contribution in [0.3, 0.4) is 0 Å². The first-order valence-electron chi connectivity index (χ1n) is 6.10. The number of aryl methyl sites for hydroxylation is 1. The Labute approximate surface area is 118 Å². The van der Waals surface area contributed by atoms with Gasteiger partial charge in [0.2, 0.25) is 0 Å². The number of nitrogens with two attached hydrogens (primary N) is 2. The second kappa shape index (κ2) is 4.99. The molecule has 1 atom stereocenters. The highest BCUT2D eigenvalue weighted by Crippen LogP contribution is 2.36. The van der Waals surface area contributed by atoms with E-state index in [1.807, 2.05) is 37.3 Å². The predicted molar refractivity (Wildman–Crippen MR) is 75.3 cm³/mol. The van der Waals surface area contributed by atoms with E-state index in [1.54, 1.807) is 11.9 Å². The molecule has 0 saturated heterocycles. The number of benzene rings is 1. The maximum atomic E-state index is 9.38. The quantitative estimate of drug-likeness (QED) is 0.799. The largest absolute Gasteiger partial charge is 0.397 e. The van der Waals surface area contributed by atoms with Gasteiger partial charge in [-0.25, -0.2) is 0 Å². The zero-order valence-corrected chi connectivity index (χ0v) is 11.4. The van der Waals surface area contributed by atoms with Crippen molar-refractivity contribution in [1.82, 2.24) is 4.90 Å². The normalized spacial score (nSPS) is 18.8. The van der Waals surface area contributed by atoms with Crippen molar-refractivity contribution in [3.05, 3.63) is 58.1 Å².